The second kappa shape index (κ2) is 6.04. The minimum Gasteiger partial charge on any atom is -0.309 e. The molecule has 116 valence electrons. The highest BCUT2D eigenvalue weighted by Gasteiger charge is 2.40. The Balaban J connectivity index is 1.47. The van der Waals surface area contributed by atoms with Gasteiger partial charge in [0.2, 0.25) is 0 Å². The smallest absolute Gasteiger partial charge is 0.0417 e. The zero-order valence-corrected chi connectivity index (χ0v) is 14.2. The van der Waals surface area contributed by atoms with E-state index in [9.17, 15) is 0 Å². The fourth-order valence-electron chi connectivity index (χ4n) is 5.11. The highest BCUT2D eigenvalue weighted by Crippen LogP contribution is 2.51. The highest BCUT2D eigenvalue weighted by atomic mass is 32.1. The molecule has 1 nitrogen and oxygen atoms in total. The van der Waals surface area contributed by atoms with E-state index < -0.39 is 0 Å². The standard InChI is InChI=1S/C19H29NS/c1-2-8-20-17(11-16-10-13-6-7-14(16)9-13)19-12-15-4-3-5-18(15)21-19/h12-14,16-17,20H,2-11H2,1H3. The van der Waals surface area contributed by atoms with Crippen molar-refractivity contribution in [3.63, 3.8) is 0 Å². The van der Waals surface area contributed by atoms with Crippen molar-refractivity contribution in [2.75, 3.05) is 6.54 Å². The lowest BCUT2D eigenvalue weighted by Gasteiger charge is -2.27. The van der Waals surface area contributed by atoms with E-state index in [1.807, 2.05) is 0 Å². The first-order valence-electron chi connectivity index (χ1n) is 9.18. The molecule has 2 saturated carbocycles. The molecule has 3 aliphatic rings. The highest BCUT2D eigenvalue weighted by molar-refractivity contribution is 7.12. The zero-order chi connectivity index (χ0) is 14.2. The summed E-state index contributed by atoms with van der Waals surface area (Å²) in [5.41, 5.74) is 1.67. The summed E-state index contributed by atoms with van der Waals surface area (Å²) in [4.78, 5) is 3.34. The van der Waals surface area contributed by atoms with Gasteiger partial charge in [-0.05, 0) is 87.3 Å². The predicted molar refractivity (Wildman–Crippen MR) is 90.9 cm³/mol. The predicted octanol–water partition coefficient (Wildman–Crippen LogP) is 5.10. The third-order valence-electron chi connectivity index (χ3n) is 6.17. The van der Waals surface area contributed by atoms with Gasteiger partial charge in [0.1, 0.15) is 0 Å². The molecular weight excluding hydrogens is 274 g/mol. The van der Waals surface area contributed by atoms with Crippen molar-refractivity contribution >= 4 is 11.3 Å². The van der Waals surface area contributed by atoms with Gasteiger partial charge in [-0.2, -0.15) is 0 Å². The Bertz CT molecular complexity index is 470. The van der Waals surface area contributed by atoms with Crippen LogP contribution < -0.4 is 5.32 Å². The van der Waals surface area contributed by atoms with Gasteiger partial charge >= 0.3 is 0 Å². The minimum atomic E-state index is 0.643. The average Bonchev–Trinajstić information content (AvgIpc) is 3.21. The molecule has 1 aromatic heterocycles. The van der Waals surface area contributed by atoms with Gasteiger partial charge in [0.25, 0.3) is 0 Å². The molecule has 0 aliphatic heterocycles. The Morgan fingerprint density at radius 1 is 1.29 bits per heavy atom. The van der Waals surface area contributed by atoms with Crippen LogP contribution in [0, 0.1) is 17.8 Å². The Kier molecular flexibility index (Phi) is 4.10. The van der Waals surface area contributed by atoms with Crippen molar-refractivity contribution in [2.45, 2.75) is 70.8 Å². The van der Waals surface area contributed by atoms with Crippen molar-refractivity contribution in [1.82, 2.24) is 5.32 Å². The number of fused-ring (bicyclic) bond motifs is 3. The molecule has 1 aromatic rings. The molecule has 3 aliphatic carbocycles. The van der Waals surface area contributed by atoms with Crippen LogP contribution in [0.2, 0.25) is 0 Å². The molecule has 0 amide bonds. The first-order chi connectivity index (χ1) is 10.3. The van der Waals surface area contributed by atoms with E-state index in [4.69, 9.17) is 0 Å². The van der Waals surface area contributed by atoms with Gasteiger partial charge in [0.15, 0.2) is 0 Å². The molecule has 1 N–H and O–H groups in total. The van der Waals surface area contributed by atoms with E-state index in [-0.39, 0.29) is 0 Å². The number of hydrogen-bond acceptors (Lipinski definition) is 2. The topological polar surface area (TPSA) is 12.0 Å². The first-order valence-corrected chi connectivity index (χ1v) is 10.00. The van der Waals surface area contributed by atoms with E-state index >= 15 is 0 Å². The Labute approximate surface area is 133 Å². The fourth-order valence-corrected chi connectivity index (χ4v) is 6.46. The van der Waals surface area contributed by atoms with E-state index in [0.717, 1.165) is 17.8 Å². The molecule has 4 atom stereocenters. The van der Waals surface area contributed by atoms with E-state index in [1.165, 1.54) is 57.9 Å². The third kappa shape index (κ3) is 2.82. The fraction of sp³-hybridized carbons (Fsp3) is 0.789. The van der Waals surface area contributed by atoms with Crippen LogP contribution in [-0.2, 0) is 12.8 Å². The Morgan fingerprint density at radius 2 is 2.24 bits per heavy atom. The van der Waals surface area contributed by atoms with E-state index in [0.29, 0.717) is 6.04 Å². The molecule has 0 spiro atoms. The maximum atomic E-state index is 3.87. The maximum Gasteiger partial charge on any atom is 0.0417 e. The van der Waals surface area contributed by atoms with Crippen molar-refractivity contribution < 1.29 is 0 Å². The van der Waals surface area contributed by atoms with Crippen molar-refractivity contribution in [2.24, 2.45) is 17.8 Å². The number of hydrogen-bond donors (Lipinski definition) is 1. The van der Waals surface area contributed by atoms with E-state index in [2.05, 4.69) is 29.6 Å². The molecule has 0 aromatic carbocycles. The van der Waals surface area contributed by atoms with Gasteiger partial charge < -0.3 is 5.32 Å². The van der Waals surface area contributed by atoms with Crippen LogP contribution in [0.3, 0.4) is 0 Å². The van der Waals surface area contributed by atoms with Crippen LogP contribution in [-0.4, -0.2) is 6.54 Å². The number of rotatable bonds is 6. The van der Waals surface area contributed by atoms with Crippen LogP contribution in [0.4, 0.5) is 0 Å². The van der Waals surface area contributed by atoms with Crippen LogP contribution >= 0.6 is 11.3 Å². The lowest BCUT2D eigenvalue weighted by Crippen LogP contribution is -2.25. The molecular formula is C19H29NS. The second-order valence-corrected chi connectivity index (χ2v) is 8.80. The first kappa shape index (κ1) is 14.3. The largest absolute Gasteiger partial charge is 0.309 e. The van der Waals surface area contributed by atoms with Crippen LogP contribution in [0.5, 0.6) is 0 Å². The summed E-state index contributed by atoms with van der Waals surface area (Å²) in [5.74, 6) is 3.16. The molecule has 0 saturated heterocycles. The van der Waals surface area contributed by atoms with Crippen LogP contribution in [0.15, 0.2) is 6.07 Å². The lowest BCUT2D eigenvalue weighted by atomic mass is 9.84. The molecule has 0 radical (unpaired) electrons. The molecule has 21 heavy (non-hydrogen) atoms. The van der Waals surface area contributed by atoms with Gasteiger partial charge in [-0.1, -0.05) is 13.3 Å². The summed E-state index contributed by atoms with van der Waals surface area (Å²) in [6.07, 6.45) is 12.8. The molecule has 2 bridgehead atoms. The number of thiophene rings is 1. The van der Waals surface area contributed by atoms with Crippen LogP contribution in [0.1, 0.15) is 73.2 Å². The Hall–Kier alpha value is -0.340. The monoisotopic (exact) mass is 303 g/mol. The summed E-state index contributed by atoms with van der Waals surface area (Å²) in [5, 5.41) is 3.87. The Morgan fingerprint density at radius 3 is 2.95 bits per heavy atom. The summed E-state index contributed by atoms with van der Waals surface area (Å²) in [7, 11) is 0. The summed E-state index contributed by atoms with van der Waals surface area (Å²) in [6.45, 7) is 3.46. The quantitative estimate of drug-likeness (QED) is 0.770. The minimum absolute atomic E-state index is 0.643. The number of aryl methyl sites for hydroxylation is 2. The van der Waals surface area contributed by atoms with Gasteiger partial charge in [-0.15, -0.1) is 11.3 Å². The zero-order valence-electron chi connectivity index (χ0n) is 13.4. The SMILES string of the molecule is CCCNC(CC1CC2CCC1C2)c1cc2c(s1)CCC2. The summed E-state index contributed by atoms with van der Waals surface area (Å²) < 4.78 is 0. The maximum absolute atomic E-state index is 3.87. The van der Waals surface area contributed by atoms with Gasteiger partial charge in [0, 0.05) is 15.8 Å². The molecule has 4 unspecified atom stereocenters. The summed E-state index contributed by atoms with van der Waals surface area (Å²) in [6, 6.07) is 3.19. The van der Waals surface area contributed by atoms with Gasteiger partial charge in [-0.3, -0.25) is 0 Å². The van der Waals surface area contributed by atoms with Crippen LogP contribution in [0.25, 0.3) is 0 Å². The third-order valence-corrected chi connectivity index (χ3v) is 7.52. The molecule has 1 heterocycles. The summed E-state index contributed by atoms with van der Waals surface area (Å²) >= 11 is 2.12. The van der Waals surface area contributed by atoms with Gasteiger partial charge in [-0.25, -0.2) is 0 Å². The lowest BCUT2D eigenvalue weighted by molar-refractivity contribution is 0.280. The van der Waals surface area contributed by atoms with Crippen molar-refractivity contribution in [3.8, 4) is 0 Å². The number of nitrogens with one attached hydrogen (secondary N) is 1. The van der Waals surface area contributed by atoms with Crippen molar-refractivity contribution in [3.05, 3.63) is 21.4 Å². The molecule has 2 fully saturated rings. The van der Waals surface area contributed by atoms with Crippen molar-refractivity contribution in [1.29, 1.82) is 0 Å². The van der Waals surface area contributed by atoms with Gasteiger partial charge in [0.05, 0.1) is 0 Å². The molecule has 4 rings (SSSR count). The van der Waals surface area contributed by atoms with E-state index in [1.54, 1.807) is 21.7 Å². The average molecular weight is 304 g/mol. The molecule has 2 heteroatoms. The normalized spacial score (nSPS) is 31.8. The second-order valence-electron chi connectivity index (χ2n) is 7.63.